The molecule has 2 aromatic carbocycles. The van der Waals surface area contributed by atoms with Crippen LogP contribution in [0.2, 0.25) is 0 Å². The molecule has 0 aliphatic heterocycles. The van der Waals surface area contributed by atoms with Gasteiger partial charge in [0.2, 0.25) is 0 Å². The zero-order chi connectivity index (χ0) is 14.1. The van der Waals surface area contributed by atoms with Gasteiger partial charge in [-0.1, -0.05) is 0 Å². The number of rotatable bonds is 2. The van der Waals surface area contributed by atoms with Crippen molar-refractivity contribution < 1.29 is 9.18 Å². The van der Waals surface area contributed by atoms with Crippen molar-refractivity contribution >= 4 is 53.5 Å². The fourth-order valence-corrected chi connectivity index (χ4v) is 3.14. The minimum absolute atomic E-state index is 0.160. The molecule has 0 fully saturated rings. The summed E-state index contributed by atoms with van der Waals surface area (Å²) in [6.45, 7) is 0. The van der Waals surface area contributed by atoms with Gasteiger partial charge in [-0.2, -0.15) is 0 Å². The summed E-state index contributed by atoms with van der Waals surface area (Å²) >= 11 is 2.89. The summed E-state index contributed by atoms with van der Waals surface area (Å²) in [6, 6.07) is 9.65. The Morgan fingerprint density at radius 1 is 1.25 bits per heavy atom. The first kappa shape index (κ1) is 13.4. The van der Waals surface area contributed by atoms with Crippen LogP contribution in [0.3, 0.4) is 0 Å². The molecule has 20 heavy (non-hydrogen) atoms. The first-order valence-corrected chi connectivity index (χ1v) is 7.95. The average molecular weight is 399 g/mol. The van der Waals surface area contributed by atoms with Crippen LogP contribution in [0.25, 0.3) is 11.0 Å². The van der Waals surface area contributed by atoms with Gasteiger partial charge in [0.1, 0.15) is 0 Å². The van der Waals surface area contributed by atoms with Crippen LogP contribution in [0.5, 0.6) is 0 Å². The van der Waals surface area contributed by atoms with Crippen molar-refractivity contribution in [1.82, 2.24) is 7.96 Å². The molecule has 1 amide bonds. The van der Waals surface area contributed by atoms with E-state index in [4.69, 9.17) is 0 Å². The van der Waals surface area contributed by atoms with Crippen molar-refractivity contribution in [3.05, 3.63) is 52.3 Å². The standard InChI is InChI=1S/C13H7BrFN3OSe/c14-8-5-4-7(6-9(8)15)13(19)16-10-2-1-3-11-12(10)18-20-17-11/h1-6H,(H,16,19). The molecule has 4 nitrogen and oxygen atoms in total. The second-order valence-corrected chi connectivity index (χ2v) is 5.98. The number of fused-ring (bicyclic) bond motifs is 1. The molecule has 0 spiro atoms. The number of halogens is 2. The third-order valence-electron chi connectivity index (χ3n) is 2.72. The van der Waals surface area contributed by atoms with Gasteiger partial charge < -0.3 is 0 Å². The van der Waals surface area contributed by atoms with E-state index >= 15 is 0 Å². The van der Waals surface area contributed by atoms with Crippen molar-refractivity contribution in [2.45, 2.75) is 0 Å². The molecule has 7 heteroatoms. The van der Waals surface area contributed by atoms with E-state index in [1.807, 2.05) is 6.07 Å². The van der Waals surface area contributed by atoms with Crippen LogP contribution >= 0.6 is 15.9 Å². The molecule has 1 N–H and O–H groups in total. The summed E-state index contributed by atoms with van der Waals surface area (Å²) in [6.07, 6.45) is 0. The number of amides is 1. The predicted octanol–water partition coefficient (Wildman–Crippen LogP) is 2.84. The summed E-state index contributed by atoms with van der Waals surface area (Å²) in [5, 5.41) is 2.74. The zero-order valence-electron chi connectivity index (χ0n) is 9.93. The van der Waals surface area contributed by atoms with E-state index in [1.54, 1.807) is 18.2 Å². The molecule has 1 aromatic heterocycles. The van der Waals surface area contributed by atoms with Crippen molar-refractivity contribution in [3.63, 3.8) is 0 Å². The van der Waals surface area contributed by atoms with Gasteiger partial charge >= 0.3 is 128 Å². The molecule has 0 aliphatic rings. The molecule has 0 atom stereocenters. The van der Waals surface area contributed by atoms with Gasteiger partial charge in [-0.3, -0.25) is 0 Å². The van der Waals surface area contributed by atoms with Crippen molar-refractivity contribution in [1.29, 1.82) is 0 Å². The molecule has 0 radical (unpaired) electrons. The van der Waals surface area contributed by atoms with Crippen molar-refractivity contribution in [2.75, 3.05) is 5.32 Å². The van der Waals surface area contributed by atoms with E-state index in [-0.39, 0.29) is 26.4 Å². The number of carbonyl (C=O) groups excluding carboxylic acids is 1. The van der Waals surface area contributed by atoms with E-state index in [0.29, 0.717) is 15.7 Å². The molecule has 0 saturated heterocycles. The summed E-state index contributed by atoms with van der Waals surface area (Å²) < 4.78 is 22.3. The van der Waals surface area contributed by atoms with Crippen LogP contribution in [0, 0.1) is 5.82 Å². The monoisotopic (exact) mass is 399 g/mol. The Hall–Kier alpha value is -1.56. The van der Waals surface area contributed by atoms with Crippen LogP contribution in [-0.4, -0.2) is 28.8 Å². The maximum absolute atomic E-state index is 13.4. The van der Waals surface area contributed by atoms with E-state index in [9.17, 15) is 9.18 Å². The first-order valence-electron chi connectivity index (χ1n) is 5.63. The number of anilines is 1. The number of hydrogen-bond acceptors (Lipinski definition) is 3. The van der Waals surface area contributed by atoms with E-state index in [1.165, 1.54) is 12.1 Å². The Morgan fingerprint density at radius 2 is 2.10 bits per heavy atom. The molecule has 1 heterocycles. The van der Waals surface area contributed by atoms with E-state index in [2.05, 4.69) is 29.2 Å². The third kappa shape index (κ3) is 2.52. The van der Waals surface area contributed by atoms with E-state index in [0.717, 1.165) is 5.52 Å². The Labute approximate surface area is 128 Å². The Balaban J connectivity index is 1.92. The quantitative estimate of drug-likeness (QED) is 0.675. The number of nitrogens with one attached hydrogen (secondary N) is 1. The molecule has 3 aromatic rings. The molecule has 0 aliphatic carbocycles. The predicted molar refractivity (Wildman–Crippen MR) is 78.5 cm³/mol. The average Bonchev–Trinajstić information content (AvgIpc) is 2.91. The SMILES string of the molecule is O=C(Nc1cccc2n[se]nc12)c1ccc(Br)c(F)c1. The molecular formula is C13H7BrFN3OSe. The van der Waals surface area contributed by atoms with Gasteiger partial charge in [-0.05, 0) is 0 Å². The molecule has 100 valence electrons. The maximum atomic E-state index is 13.4. The molecule has 0 unspecified atom stereocenters. The van der Waals surface area contributed by atoms with Gasteiger partial charge in [0, 0.05) is 0 Å². The number of carbonyl (C=O) groups is 1. The molecule has 0 saturated carbocycles. The minimum atomic E-state index is -0.473. The summed E-state index contributed by atoms with van der Waals surface area (Å²) in [7, 11) is 0. The number of benzene rings is 2. The van der Waals surface area contributed by atoms with Gasteiger partial charge in [0.05, 0.1) is 0 Å². The fraction of sp³-hybridized carbons (Fsp3) is 0. The topological polar surface area (TPSA) is 54.9 Å². The van der Waals surface area contributed by atoms with Crippen LogP contribution in [0.4, 0.5) is 10.1 Å². The van der Waals surface area contributed by atoms with E-state index < -0.39 is 5.82 Å². The Morgan fingerprint density at radius 3 is 2.90 bits per heavy atom. The number of nitrogens with zero attached hydrogens (tertiary/aromatic N) is 2. The third-order valence-corrected chi connectivity index (χ3v) is 4.50. The molecule has 0 bridgehead atoms. The van der Waals surface area contributed by atoms with Crippen molar-refractivity contribution in [3.8, 4) is 0 Å². The Bertz CT molecular complexity index is 805. The summed E-state index contributed by atoms with van der Waals surface area (Å²) in [5.74, 6) is -0.849. The van der Waals surface area contributed by atoms with Crippen LogP contribution < -0.4 is 5.32 Å². The van der Waals surface area contributed by atoms with Crippen molar-refractivity contribution in [2.24, 2.45) is 0 Å². The zero-order valence-corrected chi connectivity index (χ0v) is 13.2. The van der Waals surface area contributed by atoms with Crippen LogP contribution in [0.15, 0.2) is 40.9 Å². The van der Waals surface area contributed by atoms with Crippen LogP contribution in [0.1, 0.15) is 10.4 Å². The Kier molecular flexibility index (Phi) is 3.65. The number of aromatic nitrogens is 2. The molecule has 3 rings (SSSR count). The second kappa shape index (κ2) is 5.44. The normalized spacial score (nSPS) is 10.7. The van der Waals surface area contributed by atoms with Crippen LogP contribution in [-0.2, 0) is 0 Å². The van der Waals surface area contributed by atoms with Gasteiger partial charge in [0.25, 0.3) is 0 Å². The summed E-state index contributed by atoms with van der Waals surface area (Å²) in [4.78, 5) is 12.1. The van der Waals surface area contributed by atoms with Gasteiger partial charge in [-0.15, -0.1) is 0 Å². The molecular weight excluding hydrogens is 392 g/mol. The fourth-order valence-electron chi connectivity index (χ4n) is 1.74. The number of hydrogen-bond donors (Lipinski definition) is 1. The van der Waals surface area contributed by atoms with Gasteiger partial charge in [-0.25, -0.2) is 0 Å². The summed E-state index contributed by atoms with van der Waals surface area (Å²) in [5.41, 5.74) is 2.32. The first-order chi connectivity index (χ1) is 9.65. The van der Waals surface area contributed by atoms with Gasteiger partial charge in [0.15, 0.2) is 0 Å². The second-order valence-electron chi connectivity index (χ2n) is 4.02.